The number of nitrogens with zero attached hydrogens (tertiary/aromatic N) is 5. The van der Waals surface area contributed by atoms with Crippen molar-refractivity contribution in [3.05, 3.63) is 71.0 Å². The summed E-state index contributed by atoms with van der Waals surface area (Å²) in [6.45, 7) is 5.54. The molecule has 0 bridgehead atoms. The zero-order valence-electron chi connectivity index (χ0n) is 19.1. The largest absolute Gasteiger partial charge is 0.484 e. The fourth-order valence-corrected chi connectivity index (χ4v) is 3.96. The lowest BCUT2D eigenvalue weighted by Crippen LogP contribution is -2.37. The highest BCUT2D eigenvalue weighted by Crippen LogP contribution is 2.23. The van der Waals surface area contributed by atoms with Gasteiger partial charge in [0, 0.05) is 37.3 Å². The molecular formula is C24H27ClN6O3. The second-order valence-corrected chi connectivity index (χ2v) is 8.85. The summed E-state index contributed by atoms with van der Waals surface area (Å²) in [7, 11) is 0. The van der Waals surface area contributed by atoms with Gasteiger partial charge in [-0.15, -0.1) is 10.2 Å². The summed E-state index contributed by atoms with van der Waals surface area (Å²) in [6.07, 6.45) is 2.16. The van der Waals surface area contributed by atoms with Crippen molar-refractivity contribution in [1.29, 1.82) is 0 Å². The van der Waals surface area contributed by atoms with Crippen LogP contribution < -0.4 is 10.1 Å². The van der Waals surface area contributed by atoms with E-state index in [1.54, 1.807) is 53.6 Å². The Labute approximate surface area is 203 Å². The third-order valence-electron chi connectivity index (χ3n) is 5.71. The van der Waals surface area contributed by atoms with E-state index in [0.717, 1.165) is 5.82 Å². The Balaban J connectivity index is 1.42. The van der Waals surface area contributed by atoms with Gasteiger partial charge in [-0.3, -0.25) is 14.6 Å². The highest BCUT2D eigenvalue weighted by molar-refractivity contribution is 6.30. The van der Waals surface area contributed by atoms with E-state index >= 15 is 0 Å². The maximum atomic E-state index is 12.8. The van der Waals surface area contributed by atoms with Crippen molar-refractivity contribution in [2.75, 3.05) is 19.7 Å². The van der Waals surface area contributed by atoms with Gasteiger partial charge in [0.15, 0.2) is 12.4 Å². The molecule has 0 radical (unpaired) electrons. The molecule has 10 heteroatoms. The van der Waals surface area contributed by atoms with E-state index in [1.165, 1.54) is 0 Å². The number of fused-ring (bicyclic) bond motifs is 1. The highest BCUT2D eigenvalue weighted by Gasteiger charge is 2.29. The molecule has 178 valence electrons. The maximum absolute atomic E-state index is 12.8. The SMILES string of the molecule is CC(C)[C@@H](NC(=O)c1ccccn1)c1nnc2n1CCN(C(=O)COc1ccc(Cl)cc1)CC2. The summed E-state index contributed by atoms with van der Waals surface area (Å²) in [5.74, 6) is 1.79. The van der Waals surface area contributed by atoms with Crippen molar-refractivity contribution in [2.45, 2.75) is 32.9 Å². The molecule has 0 fully saturated rings. The molecule has 0 saturated heterocycles. The minimum atomic E-state index is -0.341. The van der Waals surface area contributed by atoms with Gasteiger partial charge < -0.3 is 19.5 Å². The van der Waals surface area contributed by atoms with E-state index in [1.807, 2.05) is 18.4 Å². The van der Waals surface area contributed by atoms with E-state index < -0.39 is 0 Å². The Kier molecular flexibility index (Phi) is 7.42. The molecule has 0 aliphatic carbocycles. The molecule has 3 heterocycles. The Hall–Kier alpha value is -3.46. The number of aromatic nitrogens is 4. The summed E-state index contributed by atoms with van der Waals surface area (Å²) in [5.41, 5.74) is 0.348. The smallest absolute Gasteiger partial charge is 0.270 e. The standard InChI is InChI=1S/C24H27ClN6O3/c1-16(2)22(27-24(33)19-5-3-4-11-26-19)23-29-28-20-10-12-30(13-14-31(20)23)21(32)15-34-18-8-6-17(25)7-9-18/h3-9,11,16,22H,10,12-15H2,1-2H3,(H,27,33)/t22-/m1/s1. The molecule has 1 aliphatic heterocycles. The summed E-state index contributed by atoms with van der Waals surface area (Å²) >= 11 is 5.89. The van der Waals surface area contributed by atoms with Crippen LogP contribution in [0, 0.1) is 5.92 Å². The number of benzene rings is 1. The Morgan fingerprint density at radius 1 is 1.09 bits per heavy atom. The van der Waals surface area contributed by atoms with Gasteiger partial charge in [-0.1, -0.05) is 31.5 Å². The Morgan fingerprint density at radius 3 is 2.59 bits per heavy atom. The summed E-state index contributed by atoms with van der Waals surface area (Å²) in [5, 5.41) is 12.4. The molecule has 0 saturated carbocycles. The van der Waals surface area contributed by atoms with Crippen molar-refractivity contribution in [1.82, 2.24) is 30.0 Å². The minimum absolute atomic E-state index is 0.0518. The van der Waals surface area contributed by atoms with Gasteiger partial charge >= 0.3 is 0 Å². The second-order valence-electron chi connectivity index (χ2n) is 8.41. The molecular weight excluding hydrogens is 456 g/mol. The van der Waals surface area contributed by atoms with E-state index in [2.05, 4.69) is 20.5 Å². The molecule has 1 aromatic carbocycles. The molecule has 3 aromatic rings. The summed E-state index contributed by atoms with van der Waals surface area (Å²) in [4.78, 5) is 31.4. The normalized spacial score (nSPS) is 14.3. The van der Waals surface area contributed by atoms with Crippen LogP contribution in [0.1, 0.15) is 42.0 Å². The van der Waals surface area contributed by atoms with Crippen molar-refractivity contribution in [2.24, 2.45) is 5.92 Å². The molecule has 2 aromatic heterocycles. The van der Waals surface area contributed by atoms with Gasteiger partial charge in [-0.05, 0) is 42.3 Å². The first-order valence-corrected chi connectivity index (χ1v) is 11.6. The maximum Gasteiger partial charge on any atom is 0.270 e. The number of nitrogens with one attached hydrogen (secondary N) is 1. The third kappa shape index (κ3) is 5.53. The average Bonchev–Trinajstić information content (AvgIpc) is 3.12. The van der Waals surface area contributed by atoms with Gasteiger partial charge in [0.1, 0.15) is 17.3 Å². The number of hydrogen-bond donors (Lipinski definition) is 1. The molecule has 34 heavy (non-hydrogen) atoms. The molecule has 4 rings (SSSR count). The fourth-order valence-electron chi connectivity index (χ4n) is 3.83. The predicted octanol–water partition coefficient (Wildman–Crippen LogP) is 2.92. The Bertz CT molecular complexity index is 1130. The number of rotatable bonds is 7. The summed E-state index contributed by atoms with van der Waals surface area (Å²) in [6, 6.07) is 11.8. The highest BCUT2D eigenvalue weighted by atomic mass is 35.5. The zero-order chi connectivity index (χ0) is 24.1. The first-order valence-electron chi connectivity index (χ1n) is 11.2. The lowest BCUT2D eigenvalue weighted by molar-refractivity contribution is -0.133. The van der Waals surface area contributed by atoms with Crippen LogP contribution in [0.25, 0.3) is 0 Å². The number of halogens is 1. The molecule has 0 spiro atoms. The van der Waals surface area contributed by atoms with Gasteiger partial charge in [-0.2, -0.15) is 0 Å². The quantitative estimate of drug-likeness (QED) is 0.555. The lowest BCUT2D eigenvalue weighted by atomic mass is 10.0. The van der Waals surface area contributed by atoms with Crippen LogP contribution in [-0.2, 0) is 17.8 Å². The average molecular weight is 483 g/mol. The van der Waals surface area contributed by atoms with E-state index in [-0.39, 0.29) is 30.4 Å². The molecule has 2 amide bonds. The van der Waals surface area contributed by atoms with Crippen LogP contribution in [0.2, 0.25) is 5.02 Å². The number of ether oxygens (including phenoxy) is 1. The first kappa shape index (κ1) is 23.7. The minimum Gasteiger partial charge on any atom is -0.484 e. The van der Waals surface area contributed by atoms with Crippen LogP contribution in [0.4, 0.5) is 0 Å². The van der Waals surface area contributed by atoms with Crippen LogP contribution in [0.15, 0.2) is 48.7 Å². The van der Waals surface area contributed by atoms with Crippen LogP contribution in [0.3, 0.4) is 0 Å². The Morgan fingerprint density at radius 2 is 1.88 bits per heavy atom. The first-order chi connectivity index (χ1) is 16.4. The molecule has 9 nitrogen and oxygen atoms in total. The van der Waals surface area contributed by atoms with E-state index in [9.17, 15) is 9.59 Å². The molecule has 1 atom stereocenters. The van der Waals surface area contributed by atoms with Gasteiger partial charge in [0.2, 0.25) is 0 Å². The summed E-state index contributed by atoms with van der Waals surface area (Å²) < 4.78 is 7.63. The fraction of sp³-hybridized carbons (Fsp3) is 0.375. The third-order valence-corrected chi connectivity index (χ3v) is 5.96. The number of carbonyl (C=O) groups is 2. The zero-order valence-corrected chi connectivity index (χ0v) is 19.9. The number of carbonyl (C=O) groups excluding carboxylic acids is 2. The van der Waals surface area contributed by atoms with E-state index in [0.29, 0.717) is 48.3 Å². The van der Waals surface area contributed by atoms with Gasteiger partial charge in [0.05, 0.1) is 6.04 Å². The molecule has 1 N–H and O–H groups in total. The van der Waals surface area contributed by atoms with Crippen molar-refractivity contribution in [3.8, 4) is 5.75 Å². The van der Waals surface area contributed by atoms with Crippen molar-refractivity contribution in [3.63, 3.8) is 0 Å². The van der Waals surface area contributed by atoms with Crippen LogP contribution in [-0.4, -0.2) is 56.2 Å². The van der Waals surface area contributed by atoms with Gasteiger partial charge in [0.25, 0.3) is 11.8 Å². The van der Waals surface area contributed by atoms with Crippen molar-refractivity contribution < 1.29 is 14.3 Å². The second kappa shape index (κ2) is 10.6. The van der Waals surface area contributed by atoms with E-state index in [4.69, 9.17) is 16.3 Å². The number of amides is 2. The monoisotopic (exact) mass is 482 g/mol. The topological polar surface area (TPSA) is 102 Å². The van der Waals surface area contributed by atoms with Crippen LogP contribution >= 0.6 is 11.6 Å². The predicted molar refractivity (Wildman–Crippen MR) is 127 cm³/mol. The van der Waals surface area contributed by atoms with Crippen LogP contribution in [0.5, 0.6) is 5.75 Å². The van der Waals surface area contributed by atoms with Gasteiger partial charge in [-0.25, -0.2) is 0 Å². The molecule has 0 unspecified atom stereocenters. The number of pyridine rings is 1. The molecule has 1 aliphatic rings. The number of hydrogen-bond acceptors (Lipinski definition) is 6. The lowest BCUT2D eigenvalue weighted by Gasteiger charge is -2.23. The van der Waals surface area contributed by atoms with Crippen molar-refractivity contribution >= 4 is 23.4 Å².